The van der Waals surface area contributed by atoms with Gasteiger partial charge in [0, 0.05) is 25.9 Å². The smallest absolute Gasteiger partial charge is 0.326 e. The third-order valence-corrected chi connectivity index (χ3v) is 3.03. The van der Waals surface area contributed by atoms with E-state index in [1.54, 1.807) is 6.08 Å². The number of benzene rings is 1. The van der Waals surface area contributed by atoms with Crippen molar-refractivity contribution < 1.29 is 14.7 Å². The van der Waals surface area contributed by atoms with Gasteiger partial charge in [-0.3, -0.25) is 4.79 Å². The number of anilines is 1. The van der Waals surface area contributed by atoms with Gasteiger partial charge in [-0.2, -0.15) is 0 Å². The van der Waals surface area contributed by atoms with Crippen LogP contribution >= 0.6 is 0 Å². The predicted octanol–water partition coefficient (Wildman–Crippen LogP) is 2.14. The quantitative estimate of drug-likeness (QED) is 0.755. The summed E-state index contributed by atoms with van der Waals surface area (Å²) < 4.78 is 0. The van der Waals surface area contributed by atoms with Crippen LogP contribution < -0.4 is 10.2 Å². The fourth-order valence-electron chi connectivity index (χ4n) is 1.82. The number of hydrogen-bond acceptors (Lipinski definition) is 3. The first-order chi connectivity index (χ1) is 9.93. The molecule has 1 rings (SSSR count). The highest BCUT2D eigenvalue weighted by molar-refractivity contribution is 5.94. The van der Waals surface area contributed by atoms with Gasteiger partial charge in [0.15, 0.2) is 0 Å². The minimum Gasteiger partial charge on any atom is -0.480 e. The number of rotatable bonds is 7. The lowest BCUT2D eigenvalue weighted by Crippen LogP contribution is -2.39. The van der Waals surface area contributed by atoms with Crippen LogP contribution in [0.1, 0.15) is 25.3 Å². The first-order valence-electron chi connectivity index (χ1n) is 6.92. The lowest BCUT2D eigenvalue weighted by molar-refractivity contribution is -0.141. The zero-order valence-electron chi connectivity index (χ0n) is 12.7. The maximum Gasteiger partial charge on any atom is 0.326 e. The summed E-state index contributed by atoms with van der Waals surface area (Å²) in [5, 5.41) is 11.5. The molecule has 1 amide bonds. The predicted molar refractivity (Wildman–Crippen MR) is 84.3 cm³/mol. The normalized spacial score (nSPS) is 12.1. The van der Waals surface area contributed by atoms with E-state index >= 15 is 0 Å². The van der Waals surface area contributed by atoms with Crippen molar-refractivity contribution in [1.82, 2.24) is 5.32 Å². The lowest BCUT2D eigenvalue weighted by Gasteiger charge is -2.12. The Morgan fingerprint density at radius 1 is 1.29 bits per heavy atom. The SMILES string of the molecule is CCC[C@H](NC(=O)/C=C/c1ccc(N(C)C)cc1)C(=O)O. The Balaban J connectivity index is 2.62. The van der Waals surface area contributed by atoms with Crippen molar-refractivity contribution in [3.63, 3.8) is 0 Å². The molecule has 0 aliphatic heterocycles. The van der Waals surface area contributed by atoms with E-state index in [0.29, 0.717) is 12.8 Å². The highest BCUT2D eigenvalue weighted by Gasteiger charge is 2.17. The molecule has 21 heavy (non-hydrogen) atoms. The Morgan fingerprint density at radius 2 is 1.90 bits per heavy atom. The topological polar surface area (TPSA) is 69.6 Å². The van der Waals surface area contributed by atoms with Gasteiger partial charge >= 0.3 is 5.97 Å². The molecule has 1 aromatic rings. The molecule has 0 unspecified atom stereocenters. The Morgan fingerprint density at radius 3 is 2.38 bits per heavy atom. The fourth-order valence-corrected chi connectivity index (χ4v) is 1.82. The van der Waals surface area contributed by atoms with E-state index in [2.05, 4.69) is 5.32 Å². The van der Waals surface area contributed by atoms with E-state index in [1.807, 2.05) is 50.2 Å². The molecule has 1 aromatic carbocycles. The van der Waals surface area contributed by atoms with Crippen LogP contribution in [0.4, 0.5) is 5.69 Å². The first kappa shape index (κ1) is 16.8. The maximum atomic E-state index is 11.7. The van der Waals surface area contributed by atoms with Gasteiger partial charge in [-0.25, -0.2) is 4.79 Å². The van der Waals surface area contributed by atoms with Crippen LogP contribution in [0, 0.1) is 0 Å². The van der Waals surface area contributed by atoms with Crippen molar-refractivity contribution in [2.24, 2.45) is 0 Å². The van der Waals surface area contributed by atoms with E-state index in [-0.39, 0.29) is 0 Å². The monoisotopic (exact) mass is 290 g/mol. The molecular formula is C16H22N2O3. The fraction of sp³-hybridized carbons (Fsp3) is 0.375. The average molecular weight is 290 g/mol. The summed E-state index contributed by atoms with van der Waals surface area (Å²) in [6.45, 7) is 1.88. The van der Waals surface area contributed by atoms with Crippen LogP contribution in [0.25, 0.3) is 6.08 Å². The van der Waals surface area contributed by atoms with Gasteiger partial charge in [0.25, 0.3) is 0 Å². The van der Waals surface area contributed by atoms with Crippen LogP contribution in [0.2, 0.25) is 0 Å². The van der Waals surface area contributed by atoms with Crippen LogP contribution in [0.3, 0.4) is 0 Å². The second-order valence-electron chi connectivity index (χ2n) is 5.01. The molecule has 0 aromatic heterocycles. The van der Waals surface area contributed by atoms with Crippen LogP contribution in [0.15, 0.2) is 30.3 Å². The van der Waals surface area contributed by atoms with E-state index < -0.39 is 17.9 Å². The highest BCUT2D eigenvalue weighted by Crippen LogP contribution is 2.13. The van der Waals surface area contributed by atoms with Gasteiger partial charge in [0.1, 0.15) is 6.04 Å². The molecule has 0 saturated heterocycles. The summed E-state index contributed by atoms with van der Waals surface area (Å²) in [7, 11) is 3.91. The van der Waals surface area contributed by atoms with Crippen molar-refractivity contribution in [2.75, 3.05) is 19.0 Å². The second-order valence-corrected chi connectivity index (χ2v) is 5.01. The van der Waals surface area contributed by atoms with Crippen LogP contribution in [0.5, 0.6) is 0 Å². The Labute approximate surface area is 125 Å². The lowest BCUT2D eigenvalue weighted by atomic mass is 10.1. The molecule has 0 fully saturated rings. The number of amides is 1. The molecule has 1 atom stereocenters. The largest absolute Gasteiger partial charge is 0.480 e. The molecule has 0 aliphatic carbocycles. The zero-order valence-corrected chi connectivity index (χ0v) is 12.7. The molecule has 114 valence electrons. The average Bonchev–Trinajstić information content (AvgIpc) is 2.45. The highest BCUT2D eigenvalue weighted by atomic mass is 16.4. The van der Waals surface area contributed by atoms with Crippen molar-refractivity contribution in [3.8, 4) is 0 Å². The summed E-state index contributed by atoms with van der Waals surface area (Å²) in [4.78, 5) is 24.7. The first-order valence-corrected chi connectivity index (χ1v) is 6.92. The van der Waals surface area contributed by atoms with Crippen molar-refractivity contribution >= 4 is 23.6 Å². The van der Waals surface area contributed by atoms with Gasteiger partial charge in [-0.15, -0.1) is 0 Å². The number of nitrogens with one attached hydrogen (secondary N) is 1. The van der Waals surface area contributed by atoms with Crippen LogP contribution in [-0.2, 0) is 9.59 Å². The number of hydrogen-bond donors (Lipinski definition) is 2. The Bertz CT molecular complexity index is 507. The molecule has 0 spiro atoms. The van der Waals surface area contributed by atoms with Gasteiger partial charge in [-0.1, -0.05) is 25.5 Å². The molecule has 5 heteroatoms. The van der Waals surface area contributed by atoms with Gasteiger partial charge in [-0.05, 0) is 30.2 Å². The van der Waals surface area contributed by atoms with Crippen molar-refractivity contribution in [2.45, 2.75) is 25.8 Å². The Kier molecular flexibility index (Phi) is 6.46. The molecule has 2 N–H and O–H groups in total. The number of aliphatic carboxylic acids is 1. The molecule has 5 nitrogen and oxygen atoms in total. The molecule has 0 aliphatic rings. The van der Waals surface area contributed by atoms with Crippen LogP contribution in [-0.4, -0.2) is 37.1 Å². The standard InChI is InChI=1S/C16H22N2O3/c1-4-5-14(16(20)21)17-15(19)11-8-12-6-9-13(10-7-12)18(2)3/h6-11,14H,4-5H2,1-3H3,(H,17,19)(H,20,21)/b11-8+/t14-/m0/s1. The molecule has 0 saturated carbocycles. The van der Waals surface area contributed by atoms with E-state index in [1.165, 1.54) is 6.08 Å². The minimum atomic E-state index is -1.01. The number of nitrogens with zero attached hydrogens (tertiary/aromatic N) is 1. The van der Waals surface area contributed by atoms with Gasteiger partial charge in [0.2, 0.25) is 5.91 Å². The molecule has 0 heterocycles. The number of carbonyl (C=O) groups excluding carboxylic acids is 1. The number of carboxylic acid groups (broad SMARTS) is 1. The van der Waals surface area contributed by atoms with E-state index in [9.17, 15) is 9.59 Å². The Hall–Kier alpha value is -2.30. The van der Waals surface area contributed by atoms with E-state index in [0.717, 1.165) is 11.3 Å². The third kappa shape index (κ3) is 5.69. The maximum absolute atomic E-state index is 11.7. The summed E-state index contributed by atoms with van der Waals surface area (Å²) in [5.41, 5.74) is 1.96. The minimum absolute atomic E-state index is 0.396. The molecular weight excluding hydrogens is 268 g/mol. The summed E-state index contributed by atoms with van der Waals surface area (Å²) in [5.74, 6) is -1.40. The van der Waals surface area contributed by atoms with Gasteiger partial charge in [0.05, 0.1) is 0 Å². The summed E-state index contributed by atoms with van der Waals surface area (Å²) >= 11 is 0. The van der Waals surface area contributed by atoms with E-state index in [4.69, 9.17) is 5.11 Å². The van der Waals surface area contributed by atoms with Crippen molar-refractivity contribution in [3.05, 3.63) is 35.9 Å². The zero-order chi connectivity index (χ0) is 15.8. The summed E-state index contributed by atoms with van der Waals surface area (Å²) in [6.07, 6.45) is 4.15. The second kappa shape index (κ2) is 8.09. The van der Waals surface area contributed by atoms with Crippen molar-refractivity contribution in [1.29, 1.82) is 0 Å². The summed E-state index contributed by atoms with van der Waals surface area (Å²) in [6, 6.07) is 6.88. The molecule has 0 bridgehead atoms. The number of carboxylic acids is 1. The van der Waals surface area contributed by atoms with Gasteiger partial charge < -0.3 is 15.3 Å². The molecule has 0 radical (unpaired) electrons. The number of carbonyl (C=O) groups is 2. The third-order valence-electron chi connectivity index (χ3n) is 3.03.